The van der Waals surface area contributed by atoms with Crippen LogP contribution in [-0.4, -0.2) is 19.3 Å². The smallest absolute Gasteiger partial charge is 0.171 e. The predicted molar refractivity (Wildman–Crippen MR) is 117 cm³/mol. The summed E-state index contributed by atoms with van der Waals surface area (Å²) in [4.78, 5) is 0. The van der Waals surface area contributed by atoms with E-state index >= 15 is 0 Å². The standard InChI is InChI=1S/C22H30N2O2S/c1-6-15(3)16-8-10-17(11-9-16)19(7-2)23-22(27)24-20-13-12-18(25-4)14-21(20)26-5/h8-15,19H,6-7H2,1-5H3,(H2,23,24,27). The molecule has 4 nitrogen and oxygen atoms in total. The lowest BCUT2D eigenvalue weighted by Gasteiger charge is -2.21. The first kappa shape index (κ1) is 21.0. The summed E-state index contributed by atoms with van der Waals surface area (Å²) in [5, 5.41) is 7.20. The van der Waals surface area contributed by atoms with E-state index in [-0.39, 0.29) is 6.04 Å². The highest BCUT2D eigenvalue weighted by Gasteiger charge is 2.13. The quantitative estimate of drug-likeness (QED) is 0.574. The molecule has 0 fully saturated rings. The first-order valence-electron chi connectivity index (χ1n) is 9.41. The molecule has 0 aliphatic heterocycles. The van der Waals surface area contributed by atoms with Gasteiger partial charge in [0.05, 0.1) is 25.9 Å². The number of methoxy groups -OCH3 is 2. The monoisotopic (exact) mass is 386 g/mol. The summed E-state index contributed by atoms with van der Waals surface area (Å²) in [6.07, 6.45) is 2.08. The van der Waals surface area contributed by atoms with Gasteiger partial charge < -0.3 is 20.1 Å². The minimum atomic E-state index is 0.153. The van der Waals surface area contributed by atoms with E-state index in [4.69, 9.17) is 21.7 Å². The molecule has 0 aromatic heterocycles. The second-order valence-corrected chi connectivity index (χ2v) is 7.01. The second kappa shape index (κ2) is 10.2. The van der Waals surface area contributed by atoms with Crippen LogP contribution in [0.3, 0.4) is 0 Å². The lowest BCUT2D eigenvalue weighted by Crippen LogP contribution is -2.32. The van der Waals surface area contributed by atoms with Crippen LogP contribution in [0, 0.1) is 0 Å². The molecule has 0 heterocycles. The van der Waals surface area contributed by atoms with Crippen LogP contribution < -0.4 is 20.1 Å². The Balaban J connectivity index is 2.07. The molecule has 0 amide bonds. The van der Waals surface area contributed by atoms with Crippen molar-refractivity contribution in [1.82, 2.24) is 5.32 Å². The fraction of sp³-hybridized carbons (Fsp3) is 0.409. The maximum Gasteiger partial charge on any atom is 0.171 e. The molecule has 27 heavy (non-hydrogen) atoms. The average Bonchev–Trinajstić information content (AvgIpc) is 2.71. The number of anilines is 1. The third-order valence-corrected chi connectivity index (χ3v) is 5.11. The SMILES string of the molecule is CCC(C)c1ccc(C(CC)NC(=S)Nc2ccc(OC)cc2OC)cc1. The fourth-order valence-corrected chi connectivity index (χ4v) is 3.18. The molecule has 0 radical (unpaired) electrons. The number of hydrogen-bond acceptors (Lipinski definition) is 3. The molecule has 0 saturated carbocycles. The van der Waals surface area contributed by atoms with Crippen LogP contribution in [-0.2, 0) is 0 Å². The van der Waals surface area contributed by atoms with Gasteiger partial charge >= 0.3 is 0 Å². The molecule has 2 unspecified atom stereocenters. The second-order valence-electron chi connectivity index (χ2n) is 6.60. The zero-order valence-corrected chi connectivity index (χ0v) is 17.7. The van der Waals surface area contributed by atoms with Gasteiger partial charge in [0.15, 0.2) is 5.11 Å². The maximum absolute atomic E-state index is 5.52. The Morgan fingerprint density at radius 2 is 1.63 bits per heavy atom. The van der Waals surface area contributed by atoms with E-state index in [0.29, 0.717) is 16.8 Å². The summed E-state index contributed by atoms with van der Waals surface area (Å²) < 4.78 is 10.7. The molecule has 0 bridgehead atoms. The van der Waals surface area contributed by atoms with Gasteiger partial charge in [-0.1, -0.05) is 45.0 Å². The van der Waals surface area contributed by atoms with Crippen LogP contribution in [0.4, 0.5) is 5.69 Å². The normalized spacial score (nSPS) is 12.8. The van der Waals surface area contributed by atoms with Crippen LogP contribution in [0.5, 0.6) is 11.5 Å². The van der Waals surface area contributed by atoms with Gasteiger partial charge in [-0.2, -0.15) is 0 Å². The number of rotatable bonds is 8. The molecule has 2 rings (SSSR count). The van der Waals surface area contributed by atoms with Gasteiger partial charge in [-0.25, -0.2) is 0 Å². The fourth-order valence-electron chi connectivity index (χ4n) is 2.93. The average molecular weight is 387 g/mol. The number of benzene rings is 2. The molecule has 2 N–H and O–H groups in total. The Hall–Kier alpha value is -2.27. The van der Waals surface area contributed by atoms with Gasteiger partial charge in [0.25, 0.3) is 0 Å². The first-order valence-corrected chi connectivity index (χ1v) is 9.82. The Morgan fingerprint density at radius 3 is 2.19 bits per heavy atom. The van der Waals surface area contributed by atoms with Crippen molar-refractivity contribution in [1.29, 1.82) is 0 Å². The summed E-state index contributed by atoms with van der Waals surface area (Å²) in [6, 6.07) is 14.6. The van der Waals surface area contributed by atoms with Crippen molar-refractivity contribution in [2.75, 3.05) is 19.5 Å². The molecule has 0 aliphatic carbocycles. The minimum absolute atomic E-state index is 0.153. The van der Waals surface area contributed by atoms with Crippen LogP contribution in [0.1, 0.15) is 56.7 Å². The van der Waals surface area contributed by atoms with E-state index in [0.717, 1.165) is 24.3 Å². The molecule has 146 valence electrons. The van der Waals surface area contributed by atoms with Gasteiger partial charge in [-0.15, -0.1) is 0 Å². The summed E-state index contributed by atoms with van der Waals surface area (Å²) in [5.74, 6) is 2.01. The zero-order chi connectivity index (χ0) is 19.8. The Morgan fingerprint density at radius 1 is 0.963 bits per heavy atom. The van der Waals surface area contributed by atoms with E-state index in [9.17, 15) is 0 Å². The van der Waals surface area contributed by atoms with Gasteiger partial charge in [0.2, 0.25) is 0 Å². The number of nitrogens with one attached hydrogen (secondary N) is 2. The molecule has 0 saturated heterocycles. The molecule has 2 aromatic carbocycles. The molecular formula is C22H30N2O2S. The third kappa shape index (κ3) is 5.60. The van der Waals surface area contributed by atoms with Crippen molar-refractivity contribution in [2.45, 2.75) is 45.6 Å². The van der Waals surface area contributed by atoms with Gasteiger partial charge in [-0.05, 0) is 54.2 Å². The predicted octanol–water partition coefficient (Wildman–Crippen LogP) is 5.66. The number of thiocarbonyl (C=S) groups is 1. The Labute approximate surface area is 168 Å². The minimum Gasteiger partial charge on any atom is -0.497 e. The van der Waals surface area contributed by atoms with Crippen LogP contribution >= 0.6 is 12.2 Å². The van der Waals surface area contributed by atoms with E-state index in [1.54, 1.807) is 14.2 Å². The van der Waals surface area contributed by atoms with Gasteiger partial charge in [-0.3, -0.25) is 0 Å². The highest BCUT2D eigenvalue weighted by molar-refractivity contribution is 7.80. The number of hydrogen-bond donors (Lipinski definition) is 2. The highest BCUT2D eigenvalue weighted by Crippen LogP contribution is 2.29. The van der Waals surface area contributed by atoms with Crippen molar-refractivity contribution in [3.63, 3.8) is 0 Å². The van der Waals surface area contributed by atoms with E-state index in [2.05, 4.69) is 55.7 Å². The van der Waals surface area contributed by atoms with Crippen LogP contribution in [0.15, 0.2) is 42.5 Å². The molecular weight excluding hydrogens is 356 g/mol. The van der Waals surface area contributed by atoms with E-state index in [1.807, 2.05) is 18.2 Å². The van der Waals surface area contributed by atoms with Crippen molar-refractivity contribution in [3.8, 4) is 11.5 Å². The molecule has 0 spiro atoms. The van der Waals surface area contributed by atoms with Crippen molar-refractivity contribution in [2.24, 2.45) is 0 Å². The van der Waals surface area contributed by atoms with Crippen LogP contribution in [0.25, 0.3) is 0 Å². The summed E-state index contributed by atoms with van der Waals surface area (Å²) >= 11 is 5.52. The van der Waals surface area contributed by atoms with E-state index < -0.39 is 0 Å². The van der Waals surface area contributed by atoms with E-state index in [1.165, 1.54) is 11.1 Å². The van der Waals surface area contributed by atoms with Crippen LogP contribution in [0.2, 0.25) is 0 Å². The van der Waals surface area contributed by atoms with Crippen molar-refractivity contribution < 1.29 is 9.47 Å². The third-order valence-electron chi connectivity index (χ3n) is 4.89. The lowest BCUT2D eigenvalue weighted by atomic mass is 9.95. The van der Waals surface area contributed by atoms with Crippen molar-refractivity contribution in [3.05, 3.63) is 53.6 Å². The van der Waals surface area contributed by atoms with Crippen molar-refractivity contribution >= 4 is 23.0 Å². The molecule has 5 heteroatoms. The summed E-state index contributed by atoms with van der Waals surface area (Å²) in [7, 11) is 3.26. The maximum atomic E-state index is 5.52. The zero-order valence-electron chi connectivity index (χ0n) is 16.8. The Kier molecular flexibility index (Phi) is 7.92. The molecule has 2 atom stereocenters. The largest absolute Gasteiger partial charge is 0.497 e. The number of ether oxygens (including phenoxy) is 2. The molecule has 2 aromatic rings. The topological polar surface area (TPSA) is 42.5 Å². The Bertz CT molecular complexity index is 746. The molecule has 0 aliphatic rings. The van der Waals surface area contributed by atoms with Gasteiger partial charge in [0, 0.05) is 6.07 Å². The van der Waals surface area contributed by atoms with Gasteiger partial charge in [0.1, 0.15) is 11.5 Å². The first-order chi connectivity index (χ1) is 13.0. The highest BCUT2D eigenvalue weighted by atomic mass is 32.1. The summed E-state index contributed by atoms with van der Waals surface area (Å²) in [5.41, 5.74) is 3.41. The summed E-state index contributed by atoms with van der Waals surface area (Å²) in [6.45, 7) is 6.62. The lowest BCUT2D eigenvalue weighted by molar-refractivity contribution is 0.395.